The Labute approximate surface area is 203 Å². The minimum atomic E-state index is -4.03. The first-order valence-corrected chi connectivity index (χ1v) is 13.3. The number of amides is 1. The number of sulfonamides is 1. The number of carboxylic acid groups (broad SMARTS) is 1. The smallest absolute Gasteiger partial charge is 0.410 e. The maximum atomic E-state index is 13.1. The minimum absolute atomic E-state index is 0.0670. The number of carbonyl (C=O) groups is 2. The van der Waals surface area contributed by atoms with Crippen LogP contribution in [0, 0.1) is 0 Å². The van der Waals surface area contributed by atoms with Gasteiger partial charge < -0.3 is 14.7 Å². The Bertz CT molecular complexity index is 1230. The maximum absolute atomic E-state index is 13.1. The van der Waals surface area contributed by atoms with E-state index in [9.17, 15) is 23.1 Å². The number of carboxylic acids is 1. The quantitative estimate of drug-likeness (QED) is 0.613. The van der Waals surface area contributed by atoms with Gasteiger partial charge >= 0.3 is 12.1 Å². The van der Waals surface area contributed by atoms with Gasteiger partial charge in [0.25, 0.3) is 10.0 Å². The number of hydrogen-bond donors (Lipinski definition) is 2. The molecule has 1 saturated carbocycles. The normalized spacial score (nSPS) is 22.7. The number of hydrogen-bond acceptors (Lipinski definition) is 6. The van der Waals surface area contributed by atoms with Gasteiger partial charge in [-0.2, -0.15) is 4.72 Å². The van der Waals surface area contributed by atoms with Crippen molar-refractivity contribution < 1.29 is 27.9 Å². The highest BCUT2D eigenvalue weighted by molar-refractivity contribution is 7.91. The van der Waals surface area contributed by atoms with Crippen LogP contribution in [0.4, 0.5) is 4.79 Å². The van der Waals surface area contributed by atoms with Crippen LogP contribution in [0.2, 0.25) is 0 Å². The van der Waals surface area contributed by atoms with Crippen LogP contribution in [0.3, 0.4) is 0 Å². The molecule has 2 aliphatic rings. The molecule has 0 spiro atoms. The largest absolute Gasteiger partial charge is 0.480 e. The first kappa shape index (κ1) is 24.4. The zero-order valence-electron chi connectivity index (χ0n) is 19.3. The fourth-order valence-electron chi connectivity index (χ4n) is 4.06. The van der Waals surface area contributed by atoms with Crippen molar-refractivity contribution in [3.05, 3.63) is 59.0 Å². The van der Waals surface area contributed by atoms with E-state index in [-0.39, 0.29) is 16.7 Å². The second kappa shape index (κ2) is 8.83. The van der Waals surface area contributed by atoms with Gasteiger partial charge in [0, 0.05) is 23.9 Å². The van der Waals surface area contributed by atoms with E-state index in [1.807, 2.05) is 57.2 Å². The molecule has 0 radical (unpaired) electrons. The summed E-state index contributed by atoms with van der Waals surface area (Å²) in [4.78, 5) is 26.7. The first-order chi connectivity index (χ1) is 15.9. The molecule has 0 saturated heterocycles. The highest BCUT2D eigenvalue weighted by Gasteiger charge is 2.63. The molecule has 10 heteroatoms. The number of benzene rings is 1. The topological polar surface area (TPSA) is 113 Å². The standard InChI is InChI=1S/C24H28N2O6S2/c1-23(2,3)32-22(29)26-13-11-17(12-14-26)19-9-10-20(33-19)34(30,31)25-24(21(27)28)15-18(24)16-7-5-4-6-8-16/h4-11,18,25H,12-15H2,1-3H3,(H,27,28). The summed E-state index contributed by atoms with van der Waals surface area (Å²) < 4.78 is 34.1. The summed E-state index contributed by atoms with van der Waals surface area (Å²) >= 11 is 1.10. The molecule has 0 bridgehead atoms. The summed E-state index contributed by atoms with van der Waals surface area (Å²) in [5.41, 5.74) is -0.365. The van der Waals surface area contributed by atoms with Crippen LogP contribution >= 0.6 is 11.3 Å². The van der Waals surface area contributed by atoms with Crippen molar-refractivity contribution in [2.24, 2.45) is 0 Å². The summed E-state index contributed by atoms with van der Waals surface area (Å²) in [5, 5.41) is 9.82. The van der Waals surface area contributed by atoms with E-state index in [1.54, 1.807) is 11.0 Å². The Morgan fingerprint density at radius 2 is 1.88 bits per heavy atom. The van der Waals surface area contributed by atoms with Gasteiger partial charge in [-0.25, -0.2) is 13.2 Å². The predicted molar refractivity (Wildman–Crippen MR) is 129 cm³/mol. The molecule has 1 aliphatic heterocycles. The Balaban J connectivity index is 1.46. The van der Waals surface area contributed by atoms with Gasteiger partial charge in [0.2, 0.25) is 0 Å². The average Bonchev–Trinajstić information content (AvgIpc) is 3.26. The van der Waals surface area contributed by atoms with Crippen molar-refractivity contribution >= 4 is 39.0 Å². The van der Waals surface area contributed by atoms with Crippen LogP contribution in [-0.2, 0) is 19.6 Å². The number of thiophene rings is 1. The summed E-state index contributed by atoms with van der Waals surface area (Å²) in [7, 11) is -4.03. The number of carbonyl (C=O) groups excluding carboxylic acids is 1. The fourth-order valence-corrected chi connectivity index (χ4v) is 6.83. The predicted octanol–water partition coefficient (Wildman–Crippen LogP) is 4.06. The van der Waals surface area contributed by atoms with Gasteiger partial charge in [-0.3, -0.25) is 4.79 Å². The van der Waals surface area contributed by atoms with Crippen LogP contribution in [0.1, 0.15) is 50.0 Å². The molecule has 4 rings (SSSR count). The molecule has 1 aliphatic carbocycles. The number of nitrogens with one attached hydrogen (secondary N) is 1. The van der Waals surface area contributed by atoms with Crippen LogP contribution in [0.15, 0.2) is 52.7 Å². The van der Waals surface area contributed by atoms with Gasteiger partial charge in [0.15, 0.2) is 0 Å². The molecule has 8 nitrogen and oxygen atoms in total. The molecule has 2 heterocycles. The molecule has 2 aromatic rings. The molecular weight excluding hydrogens is 476 g/mol. The Kier molecular flexibility index (Phi) is 6.34. The van der Waals surface area contributed by atoms with Crippen LogP contribution in [-0.4, -0.2) is 54.7 Å². The molecular formula is C24H28N2O6S2. The minimum Gasteiger partial charge on any atom is -0.480 e. The van der Waals surface area contributed by atoms with Gasteiger partial charge in [-0.15, -0.1) is 11.3 Å². The van der Waals surface area contributed by atoms with Crippen LogP contribution in [0.5, 0.6) is 0 Å². The fraction of sp³-hybridized carbons (Fsp3) is 0.417. The van der Waals surface area contributed by atoms with E-state index in [0.717, 1.165) is 27.4 Å². The number of nitrogens with zero attached hydrogens (tertiary/aromatic N) is 1. The van der Waals surface area contributed by atoms with E-state index in [0.29, 0.717) is 19.5 Å². The molecule has 2 atom stereocenters. The van der Waals surface area contributed by atoms with Gasteiger partial charge in [-0.1, -0.05) is 36.4 Å². The zero-order valence-corrected chi connectivity index (χ0v) is 20.9. The highest BCUT2D eigenvalue weighted by Crippen LogP contribution is 2.52. The van der Waals surface area contributed by atoms with Crippen molar-refractivity contribution in [2.45, 2.75) is 54.9 Å². The van der Waals surface area contributed by atoms with Crippen molar-refractivity contribution in [3.8, 4) is 0 Å². The third-order valence-electron chi connectivity index (χ3n) is 5.88. The van der Waals surface area contributed by atoms with E-state index in [4.69, 9.17) is 4.74 Å². The van der Waals surface area contributed by atoms with Crippen molar-refractivity contribution in [2.75, 3.05) is 13.1 Å². The lowest BCUT2D eigenvalue weighted by Gasteiger charge is -2.29. The lowest BCUT2D eigenvalue weighted by atomic mass is 10.1. The molecule has 34 heavy (non-hydrogen) atoms. The molecule has 182 valence electrons. The highest BCUT2D eigenvalue weighted by atomic mass is 32.2. The van der Waals surface area contributed by atoms with Crippen LogP contribution in [0.25, 0.3) is 5.57 Å². The van der Waals surface area contributed by atoms with Crippen LogP contribution < -0.4 is 4.72 Å². The van der Waals surface area contributed by atoms with Gasteiger partial charge in [0.05, 0.1) is 0 Å². The summed E-state index contributed by atoms with van der Waals surface area (Å²) in [6.07, 6.45) is 2.30. The number of rotatable bonds is 6. The first-order valence-electron chi connectivity index (χ1n) is 11.0. The molecule has 2 N–H and O–H groups in total. The Morgan fingerprint density at radius 3 is 2.47 bits per heavy atom. The third-order valence-corrected chi connectivity index (χ3v) is 9.05. The molecule has 1 amide bonds. The molecule has 1 aromatic heterocycles. The summed E-state index contributed by atoms with van der Waals surface area (Å²) in [5.74, 6) is -1.60. The van der Waals surface area contributed by atoms with Crippen molar-refractivity contribution in [1.29, 1.82) is 0 Å². The Hall–Kier alpha value is -2.69. The lowest BCUT2D eigenvalue weighted by molar-refractivity contribution is -0.140. The van der Waals surface area contributed by atoms with Gasteiger partial charge in [0.1, 0.15) is 15.3 Å². The number of aliphatic carboxylic acids is 1. The van der Waals surface area contributed by atoms with E-state index < -0.39 is 33.1 Å². The third kappa shape index (κ3) is 5.03. The summed E-state index contributed by atoms with van der Waals surface area (Å²) in [6.45, 7) is 6.30. The van der Waals surface area contributed by atoms with E-state index in [1.165, 1.54) is 6.07 Å². The summed E-state index contributed by atoms with van der Waals surface area (Å²) in [6, 6.07) is 12.3. The monoisotopic (exact) mass is 504 g/mol. The molecule has 1 aromatic carbocycles. The Morgan fingerprint density at radius 1 is 1.18 bits per heavy atom. The average molecular weight is 505 g/mol. The van der Waals surface area contributed by atoms with Crippen molar-refractivity contribution in [3.63, 3.8) is 0 Å². The van der Waals surface area contributed by atoms with Gasteiger partial charge in [-0.05, 0) is 56.9 Å². The second-order valence-electron chi connectivity index (χ2n) is 9.57. The van der Waals surface area contributed by atoms with E-state index in [2.05, 4.69) is 4.72 Å². The molecule has 2 unspecified atom stereocenters. The lowest BCUT2D eigenvalue weighted by Crippen LogP contribution is -2.44. The van der Waals surface area contributed by atoms with E-state index >= 15 is 0 Å². The number of ether oxygens (including phenoxy) is 1. The zero-order chi connectivity index (χ0) is 24.7. The molecule has 1 fully saturated rings. The second-order valence-corrected chi connectivity index (χ2v) is 12.6. The van der Waals surface area contributed by atoms with Crippen molar-refractivity contribution in [1.82, 2.24) is 9.62 Å². The maximum Gasteiger partial charge on any atom is 0.410 e. The SMILES string of the molecule is CC(C)(C)OC(=O)N1CC=C(c2ccc(S(=O)(=O)NC3(C(=O)O)CC3c3ccccc3)s2)CC1.